The molecule has 1 aliphatic rings. The Morgan fingerprint density at radius 1 is 1.62 bits per heavy atom. The van der Waals surface area contributed by atoms with E-state index in [9.17, 15) is 18.3 Å². The van der Waals surface area contributed by atoms with Crippen LogP contribution >= 0.6 is 11.3 Å². The number of aliphatic carboxylic acids is 1. The lowest BCUT2D eigenvalue weighted by atomic mass is 10.1. The Morgan fingerprint density at radius 3 is 2.90 bits per heavy atom. The Balaban J connectivity index is 2.13. The van der Waals surface area contributed by atoms with Gasteiger partial charge in [0.2, 0.25) is 10.0 Å². The summed E-state index contributed by atoms with van der Waals surface area (Å²) in [4.78, 5) is 16.3. The molecule has 118 valence electrons. The minimum absolute atomic E-state index is 0.0747. The molecule has 9 heteroatoms. The molecule has 2 atom stereocenters. The van der Waals surface area contributed by atoms with Crippen LogP contribution in [0.25, 0.3) is 0 Å². The highest BCUT2D eigenvalue weighted by Crippen LogP contribution is 2.21. The Morgan fingerprint density at radius 2 is 2.33 bits per heavy atom. The van der Waals surface area contributed by atoms with Crippen LogP contribution in [-0.2, 0) is 26.0 Å². The van der Waals surface area contributed by atoms with E-state index in [4.69, 9.17) is 4.74 Å². The number of sulfonamides is 1. The highest BCUT2D eigenvalue weighted by molar-refractivity contribution is 7.89. The summed E-state index contributed by atoms with van der Waals surface area (Å²) >= 11 is 1.41. The number of carboxylic acid groups (broad SMARTS) is 1. The first-order valence-electron chi connectivity index (χ1n) is 6.56. The van der Waals surface area contributed by atoms with Gasteiger partial charge in [0.15, 0.2) is 0 Å². The summed E-state index contributed by atoms with van der Waals surface area (Å²) in [6.07, 6.45) is -0.312. The van der Waals surface area contributed by atoms with E-state index < -0.39 is 28.1 Å². The largest absolute Gasteiger partial charge is 0.480 e. The molecule has 0 saturated carbocycles. The van der Waals surface area contributed by atoms with Gasteiger partial charge in [0.1, 0.15) is 6.04 Å². The van der Waals surface area contributed by atoms with Gasteiger partial charge >= 0.3 is 5.97 Å². The highest BCUT2D eigenvalue weighted by Gasteiger charge is 2.41. The van der Waals surface area contributed by atoms with Gasteiger partial charge in [0.05, 0.1) is 29.7 Å². The lowest BCUT2D eigenvalue weighted by molar-refractivity contribution is -0.150. The van der Waals surface area contributed by atoms with Crippen molar-refractivity contribution in [1.29, 1.82) is 0 Å². The van der Waals surface area contributed by atoms with Gasteiger partial charge < -0.3 is 9.84 Å². The second-order valence-corrected chi connectivity index (χ2v) is 7.88. The third-order valence-electron chi connectivity index (χ3n) is 3.49. The van der Waals surface area contributed by atoms with E-state index in [2.05, 4.69) is 4.98 Å². The maximum atomic E-state index is 12.4. The zero-order chi connectivity index (χ0) is 15.6. The van der Waals surface area contributed by atoms with E-state index in [0.717, 1.165) is 14.9 Å². The SMILES string of the molecule is Cc1ncsc1CCS(=O)(=O)N1CCO[C@@H](C)[C@@H]1C(=O)O. The topological polar surface area (TPSA) is 96.8 Å². The predicted octanol–water partition coefficient (Wildman–Crippen LogP) is 0.498. The smallest absolute Gasteiger partial charge is 0.324 e. The van der Waals surface area contributed by atoms with Crippen molar-refractivity contribution in [3.63, 3.8) is 0 Å². The Labute approximate surface area is 127 Å². The van der Waals surface area contributed by atoms with Crippen molar-refractivity contribution >= 4 is 27.3 Å². The summed E-state index contributed by atoms with van der Waals surface area (Å²) in [7, 11) is -3.65. The van der Waals surface area contributed by atoms with Crippen LogP contribution in [0.3, 0.4) is 0 Å². The molecule has 0 amide bonds. The minimum Gasteiger partial charge on any atom is -0.480 e. The van der Waals surface area contributed by atoms with Gasteiger partial charge in [-0.2, -0.15) is 4.31 Å². The van der Waals surface area contributed by atoms with Crippen molar-refractivity contribution in [1.82, 2.24) is 9.29 Å². The van der Waals surface area contributed by atoms with Crippen LogP contribution in [0.1, 0.15) is 17.5 Å². The van der Waals surface area contributed by atoms with Crippen LogP contribution in [0, 0.1) is 6.92 Å². The van der Waals surface area contributed by atoms with Crippen molar-refractivity contribution in [2.24, 2.45) is 0 Å². The van der Waals surface area contributed by atoms with Crippen LogP contribution in [0.4, 0.5) is 0 Å². The molecule has 0 aliphatic carbocycles. The molecule has 1 N–H and O–H groups in total. The third kappa shape index (κ3) is 3.60. The molecule has 0 radical (unpaired) electrons. The van der Waals surface area contributed by atoms with Crippen molar-refractivity contribution in [3.8, 4) is 0 Å². The summed E-state index contributed by atoms with van der Waals surface area (Å²) in [6.45, 7) is 3.69. The number of hydrogen-bond donors (Lipinski definition) is 1. The first-order valence-corrected chi connectivity index (χ1v) is 9.04. The van der Waals surface area contributed by atoms with Crippen molar-refractivity contribution in [3.05, 3.63) is 16.1 Å². The molecule has 1 aliphatic heterocycles. The molecule has 7 nitrogen and oxygen atoms in total. The minimum atomic E-state index is -3.65. The van der Waals surface area contributed by atoms with Crippen LogP contribution in [0.15, 0.2) is 5.51 Å². The molecule has 1 aromatic heterocycles. The number of aryl methyl sites for hydroxylation is 2. The number of ether oxygens (including phenoxy) is 1. The molecule has 21 heavy (non-hydrogen) atoms. The standard InChI is InChI=1S/C12H18N2O5S2/c1-8-10(20-7-13-8)3-6-21(17,18)14-4-5-19-9(2)11(14)12(15)16/h7,9,11H,3-6H2,1-2H3,(H,15,16)/t9-,11+/m0/s1. The molecule has 2 rings (SSSR count). The van der Waals surface area contributed by atoms with E-state index in [1.807, 2.05) is 6.92 Å². The van der Waals surface area contributed by atoms with Gasteiger partial charge in [-0.1, -0.05) is 0 Å². The third-order valence-corrected chi connectivity index (χ3v) is 6.33. The summed E-state index contributed by atoms with van der Waals surface area (Å²) in [5, 5.41) is 9.24. The molecule has 0 bridgehead atoms. The molecule has 1 aromatic rings. The molecular weight excluding hydrogens is 316 g/mol. The molecule has 0 aromatic carbocycles. The highest BCUT2D eigenvalue weighted by atomic mass is 32.2. The fourth-order valence-corrected chi connectivity index (χ4v) is 4.90. The first-order chi connectivity index (χ1) is 9.83. The molecule has 2 heterocycles. The number of aromatic nitrogens is 1. The average Bonchev–Trinajstić information content (AvgIpc) is 2.81. The molecule has 0 spiro atoms. The molecule has 1 fully saturated rings. The van der Waals surface area contributed by atoms with Gasteiger partial charge in [-0.15, -0.1) is 11.3 Å². The van der Waals surface area contributed by atoms with Crippen LogP contribution < -0.4 is 0 Å². The predicted molar refractivity (Wildman–Crippen MR) is 77.9 cm³/mol. The number of carbonyl (C=O) groups is 1. The summed E-state index contributed by atoms with van der Waals surface area (Å²) in [5.41, 5.74) is 2.49. The van der Waals surface area contributed by atoms with E-state index in [-0.39, 0.29) is 18.9 Å². The number of rotatable bonds is 5. The normalized spacial score (nSPS) is 24.1. The zero-order valence-corrected chi connectivity index (χ0v) is 13.5. The van der Waals surface area contributed by atoms with Gasteiger partial charge in [-0.05, 0) is 20.3 Å². The Kier molecular flexibility index (Phi) is 4.97. The lowest BCUT2D eigenvalue weighted by Gasteiger charge is -2.36. The fourth-order valence-electron chi connectivity index (χ4n) is 2.33. The number of hydrogen-bond acceptors (Lipinski definition) is 6. The maximum absolute atomic E-state index is 12.4. The van der Waals surface area contributed by atoms with E-state index in [1.54, 1.807) is 12.4 Å². The van der Waals surface area contributed by atoms with Gasteiger partial charge in [0, 0.05) is 11.4 Å². The summed E-state index contributed by atoms with van der Waals surface area (Å²) < 4.78 is 31.2. The van der Waals surface area contributed by atoms with Crippen LogP contribution in [0.5, 0.6) is 0 Å². The second kappa shape index (κ2) is 6.39. The van der Waals surface area contributed by atoms with Crippen molar-refractivity contribution < 1.29 is 23.1 Å². The molecule has 1 saturated heterocycles. The first kappa shape index (κ1) is 16.3. The molecule has 0 unspecified atom stereocenters. The van der Waals surface area contributed by atoms with Crippen molar-refractivity contribution in [2.45, 2.75) is 32.4 Å². The average molecular weight is 334 g/mol. The lowest BCUT2D eigenvalue weighted by Crippen LogP contribution is -2.56. The van der Waals surface area contributed by atoms with Crippen LogP contribution in [-0.4, -0.2) is 59.8 Å². The zero-order valence-electron chi connectivity index (χ0n) is 11.9. The number of carboxylic acids is 1. The van der Waals surface area contributed by atoms with Gasteiger partial charge in [0.25, 0.3) is 0 Å². The van der Waals surface area contributed by atoms with E-state index >= 15 is 0 Å². The fraction of sp³-hybridized carbons (Fsp3) is 0.667. The van der Waals surface area contributed by atoms with Crippen LogP contribution in [0.2, 0.25) is 0 Å². The van der Waals surface area contributed by atoms with E-state index in [0.29, 0.717) is 6.42 Å². The number of morpholine rings is 1. The summed E-state index contributed by atoms with van der Waals surface area (Å²) in [5.74, 6) is -1.30. The number of thiazole rings is 1. The number of nitrogens with zero attached hydrogens (tertiary/aromatic N) is 2. The van der Waals surface area contributed by atoms with E-state index in [1.165, 1.54) is 11.3 Å². The van der Waals surface area contributed by atoms with Gasteiger partial charge in [-0.3, -0.25) is 4.79 Å². The second-order valence-electron chi connectivity index (χ2n) is 4.90. The summed E-state index contributed by atoms with van der Waals surface area (Å²) in [6, 6.07) is -1.16. The Hall–Kier alpha value is -1.03. The van der Waals surface area contributed by atoms with Gasteiger partial charge in [-0.25, -0.2) is 13.4 Å². The maximum Gasteiger partial charge on any atom is 0.324 e. The molecular formula is C12H18N2O5S2. The monoisotopic (exact) mass is 334 g/mol. The Bertz CT molecular complexity index is 613. The quantitative estimate of drug-likeness (QED) is 0.842. The van der Waals surface area contributed by atoms with Crippen molar-refractivity contribution in [2.75, 3.05) is 18.9 Å².